The Bertz CT molecular complexity index is 1630. The Balaban J connectivity index is 1.40. The summed E-state index contributed by atoms with van der Waals surface area (Å²) in [5.74, 6) is 2.02. The summed E-state index contributed by atoms with van der Waals surface area (Å²) in [6.45, 7) is 1.57. The summed E-state index contributed by atoms with van der Waals surface area (Å²) in [5, 5.41) is 8.92. The second kappa shape index (κ2) is 14.5. The average Bonchev–Trinajstić information content (AvgIpc) is 3.06. The van der Waals surface area contributed by atoms with Crippen LogP contribution in [0.5, 0.6) is 17.2 Å². The van der Waals surface area contributed by atoms with Crippen LogP contribution in [0.4, 0.5) is 0 Å². The minimum absolute atomic E-state index is 0.353. The number of carboxylic acids is 1. The largest absolute Gasteiger partial charge is 0.497 e. The first-order chi connectivity index (χ1) is 21.4. The van der Waals surface area contributed by atoms with Crippen molar-refractivity contribution in [3.63, 3.8) is 0 Å². The van der Waals surface area contributed by atoms with E-state index in [1.54, 1.807) is 26.0 Å². The van der Waals surface area contributed by atoms with Crippen molar-refractivity contribution < 1.29 is 24.1 Å². The van der Waals surface area contributed by atoms with Gasteiger partial charge in [0.05, 0.1) is 14.2 Å². The van der Waals surface area contributed by atoms with Gasteiger partial charge in [0.2, 0.25) is 0 Å². The van der Waals surface area contributed by atoms with Crippen LogP contribution in [-0.4, -0.2) is 37.7 Å². The predicted molar refractivity (Wildman–Crippen MR) is 179 cm³/mol. The fourth-order valence-electron chi connectivity index (χ4n) is 4.89. The summed E-state index contributed by atoms with van der Waals surface area (Å²) >= 11 is 1.72. The first kappa shape index (κ1) is 30.5. The van der Waals surface area contributed by atoms with Crippen LogP contribution in [0, 0.1) is 6.92 Å². The normalized spacial score (nSPS) is 10.6. The van der Waals surface area contributed by atoms with Gasteiger partial charge in [0.15, 0.2) is 6.61 Å². The molecule has 0 spiro atoms. The monoisotopic (exact) mass is 602 g/mol. The highest BCUT2D eigenvalue weighted by molar-refractivity contribution is 7.99. The van der Waals surface area contributed by atoms with Gasteiger partial charge in [-0.05, 0) is 93.9 Å². The molecule has 0 radical (unpaired) electrons. The summed E-state index contributed by atoms with van der Waals surface area (Å²) in [5.41, 5.74) is 8.87. The second-order valence-corrected chi connectivity index (χ2v) is 11.2. The van der Waals surface area contributed by atoms with E-state index in [0.29, 0.717) is 5.75 Å². The lowest BCUT2D eigenvalue weighted by atomic mass is 9.94. The van der Waals surface area contributed by atoms with Crippen LogP contribution in [-0.2, 0) is 4.79 Å². The molecule has 5 aromatic carbocycles. The van der Waals surface area contributed by atoms with E-state index in [1.807, 2.05) is 49.4 Å². The molecule has 1 N–H and O–H groups in total. The molecule has 222 valence electrons. The molecular weight excluding hydrogens is 568 g/mol. The molecular formula is C38H34O5S. The summed E-state index contributed by atoms with van der Waals surface area (Å²) in [6.07, 6.45) is 2.26. The number of ether oxygens (including phenoxy) is 3. The number of rotatable bonds is 12. The van der Waals surface area contributed by atoms with E-state index in [-0.39, 0.29) is 6.61 Å². The molecule has 6 heteroatoms. The number of methoxy groups -OCH3 is 2. The molecule has 0 aliphatic rings. The van der Waals surface area contributed by atoms with Gasteiger partial charge in [0.1, 0.15) is 17.2 Å². The minimum atomic E-state index is -0.991. The van der Waals surface area contributed by atoms with Crippen LogP contribution >= 0.6 is 11.8 Å². The topological polar surface area (TPSA) is 65.0 Å². The maximum absolute atomic E-state index is 10.9. The summed E-state index contributed by atoms with van der Waals surface area (Å²) in [4.78, 5) is 12.0. The van der Waals surface area contributed by atoms with Crippen LogP contribution in [0.3, 0.4) is 0 Å². The van der Waals surface area contributed by atoms with Crippen molar-refractivity contribution in [2.45, 2.75) is 11.8 Å². The number of aryl methyl sites for hydroxylation is 1. The average molecular weight is 603 g/mol. The standard InChI is InChI=1S/C38H34O5S/c1-26-24-35(20-21-37(26)43-25-38(39)40)44-23-22-36(31-8-4-27(5-9-31)29-12-16-33(41-2)17-13-29)32-10-6-28(7-11-32)30-14-18-34(42-3)19-15-30/h4-22,24H,23,25H2,1-3H3,(H,39,40). The van der Waals surface area contributed by atoms with Crippen molar-refractivity contribution in [2.24, 2.45) is 0 Å². The number of thioether (sulfide) groups is 1. The number of hydrogen-bond donors (Lipinski definition) is 1. The van der Waals surface area contributed by atoms with Crippen molar-refractivity contribution in [3.8, 4) is 39.5 Å². The van der Waals surface area contributed by atoms with Crippen LogP contribution in [0.2, 0.25) is 0 Å². The molecule has 0 aliphatic carbocycles. The zero-order valence-electron chi connectivity index (χ0n) is 24.9. The molecule has 5 nitrogen and oxygen atoms in total. The third kappa shape index (κ3) is 7.71. The molecule has 0 aliphatic heterocycles. The Kier molecular flexibility index (Phi) is 10.1. The molecule has 0 saturated heterocycles. The van der Waals surface area contributed by atoms with Gasteiger partial charge in [-0.2, -0.15) is 0 Å². The maximum atomic E-state index is 10.9. The molecule has 0 heterocycles. The Morgan fingerprint density at radius 2 is 1.14 bits per heavy atom. The fourth-order valence-corrected chi connectivity index (χ4v) is 5.75. The molecule has 0 unspecified atom stereocenters. The van der Waals surface area contributed by atoms with Crippen molar-refractivity contribution in [1.82, 2.24) is 0 Å². The van der Waals surface area contributed by atoms with E-state index >= 15 is 0 Å². The van der Waals surface area contributed by atoms with Gasteiger partial charge in [-0.3, -0.25) is 0 Å². The highest BCUT2D eigenvalue weighted by Crippen LogP contribution is 2.32. The van der Waals surface area contributed by atoms with Gasteiger partial charge in [-0.15, -0.1) is 11.8 Å². The molecule has 5 aromatic rings. The summed E-state index contributed by atoms with van der Waals surface area (Å²) in [6, 6.07) is 39.3. The van der Waals surface area contributed by atoms with E-state index in [1.165, 1.54) is 0 Å². The van der Waals surface area contributed by atoms with Gasteiger partial charge < -0.3 is 19.3 Å². The van der Waals surface area contributed by atoms with Gasteiger partial charge in [-0.25, -0.2) is 4.79 Å². The Morgan fingerprint density at radius 1 is 0.682 bits per heavy atom. The van der Waals surface area contributed by atoms with E-state index in [2.05, 4.69) is 78.9 Å². The molecule has 0 atom stereocenters. The van der Waals surface area contributed by atoms with Crippen molar-refractivity contribution in [2.75, 3.05) is 26.6 Å². The highest BCUT2D eigenvalue weighted by atomic mass is 32.2. The third-order valence-corrected chi connectivity index (χ3v) is 8.19. The lowest BCUT2D eigenvalue weighted by Gasteiger charge is -2.12. The lowest BCUT2D eigenvalue weighted by Crippen LogP contribution is -2.09. The lowest BCUT2D eigenvalue weighted by molar-refractivity contribution is -0.139. The van der Waals surface area contributed by atoms with Crippen LogP contribution < -0.4 is 14.2 Å². The van der Waals surface area contributed by atoms with Gasteiger partial charge >= 0.3 is 5.97 Å². The molecule has 0 saturated carbocycles. The van der Waals surface area contributed by atoms with Crippen molar-refractivity contribution in [1.29, 1.82) is 0 Å². The molecule has 0 fully saturated rings. The smallest absolute Gasteiger partial charge is 0.341 e. The Hall–Kier alpha value is -4.94. The second-order valence-electron chi connectivity index (χ2n) is 10.2. The fraction of sp³-hybridized carbons (Fsp3) is 0.132. The molecule has 0 aromatic heterocycles. The first-order valence-electron chi connectivity index (χ1n) is 14.2. The number of aliphatic carboxylic acids is 1. The first-order valence-corrected chi connectivity index (χ1v) is 15.2. The van der Waals surface area contributed by atoms with Gasteiger partial charge in [0.25, 0.3) is 0 Å². The zero-order valence-corrected chi connectivity index (χ0v) is 25.8. The SMILES string of the molecule is COc1ccc(-c2ccc(C(=CCSc3ccc(OCC(=O)O)c(C)c3)c3ccc(-c4ccc(OC)cc4)cc3)cc2)cc1. The van der Waals surface area contributed by atoms with Gasteiger partial charge in [0, 0.05) is 10.6 Å². The maximum Gasteiger partial charge on any atom is 0.341 e. The van der Waals surface area contributed by atoms with Gasteiger partial charge in [-0.1, -0.05) is 78.9 Å². The summed E-state index contributed by atoms with van der Waals surface area (Å²) in [7, 11) is 3.35. The third-order valence-electron chi connectivity index (χ3n) is 7.27. The predicted octanol–water partition coefficient (Wildman–Crippen LogP) is 9.03. The molecule has 0 amide bonds. The Labute approximate surface area is 262 Å². The number of hydrogen-bond acceptors (Lipinski definition) is 5. The molecule has 0 bridgehead atoms. The van der Waals surface area contributed by atoms with Crippen LogP contribution in [0.1, 0.15) is 16.7 Å². The quantitative estimate of drug-likeness (QED) is 0.144. The zero-order chi connectivity index (χ0) is 30.9. The number of carboxylic acid groups (broad SMARTS) is 1. The highest BCUT2D eigenvalue weighted by Gasteiger charge is 2.09. The van der Waals surface area contributed by atoms with Crippen molar-refractivity contribution >= 4 is 23.3 Å². The van der Waals surface area contributed by atoms with E-state index in [0.717, 1.165) is 66.7 Å². The van der Waals surface area contributed by atoms with E-state index < -0.39 is 5.97 Å². The molecule has 5 rings (SSSR count). The van der Waals surface area contributed by atoms with Crippen molar-refractivity contribution in [3.05, 3.63) is 138 Å². The Morgan fingerprint density at radius 3 is 1.55 bits per heavy atom. The van der Waals surface area contributed by atoms with Crippen LogP contribution in [0.15, 0.2) is 126 Å². The van der Waals surface area contributed by atoms with E-state index in [4.69, 9.17) is 19.3 Å². The minimum Gasteiger partial charge on any atom is -0.497 e. The van der Waals surface area contributed by atoms with Crippen LogP contribution in [0.25, 0.3) is 27.8 Å². The van der Waals surface area contributed by atoms with E-state index in [9.17, 15) is 4.79 Å². The number of carbonyl (C=O) groups is 1. The summed E-state index contributed by atoms with van der Waals surface area (Å²) < 4.78 is 16.0. The molecule has 44 heavy (non-hydrogen) atoms. The number of benzene rings is 5.